The number of carbonyl (C=O) groups excluding carboxylic acids is 2. The number of benzene rings is 2. The lowest BCUT2D eigenvalue weighted by atomic mass is 10.1. The van der Waals surface area contributed by atoms with Crippen molar-refractivity contribution in [1.29, 1.82) is 0 Å². The van der Waals surface area contributed by atoms with Gasteiger partial charge in [-0.3, -0.25) is 9.59 Å². The predicted molar refractivity (Wildman–Crippen MR) is 115 cm³/mol. The van der Waals surface area contributed by atoms with Gasteiger partial charge in [0.1, 0.15) is 18.2 Å². The summed E-state index contributed by atoms with van der Waals surface area (Å²) >= 11 is 0. The van der Waals surface area contributed by atoms with Crippen molar-refractivity contribution in [1.82, 2.24) is 4.90 Å². The molecule has 0 bridgehead atoms. The minimum atomic E-state index is -0.762. The van der Waals surface area contributed by atoms with E-state index in [1.54, 1.807) is 6.07 Å². The Morgan fingerprint density at radius 3 is 2.55 bits per heavy atom. The molecule has 1 heterocycles. The van der Waals surface area contributed by atoms with Gasteiger partial charge in [0, 0.05) is 30.5 Å². The monoisotopic (exact) mass is 428 g/mol. The molecular weight excluding hydrogens is 402 g/mol. The van der Waals surface area contributed by atoms with Crippen molar-refractivity contribution < 1.29 is 23.1 Å². The van der Waals surface area contributed by atoms with Crippen molar-refractivity contribution in [2.75, 3.05) is 25.0 Å². The summed E-state index contributed by atoms with van der Waals surface area (Å²) in [5, 5.41) is 2.84. The summed E-state index contributed by atoms with van der Waals surface area (Å²) in [6, 6.07) is 9.09. The Morgan fingerprint density at radius 2 is 1.87 bits per heavy atom. The van der Waals surface area contributed by atoms with E-state index >= 15 is 0 Å². The average Bonchev–Trinajstić information content (AvgIpc) is 3.23. The molecule has 2 aromatic carbocycles. The van der Waals surface area contributed by atoms with Crippen molar-refractivity contribution in [2.45, 2.75) is 32.8 Å². The Morgan fingerprint density at radius 1 is 1.16 bits per heavy atom. The first kappa shape index (κ1) is 22.6. The predicted octanol–water partition coefficient (Wildman–Crippen LogP) is 4.24. The zero-order valence-electron chi connectivity index (χ0n) is 17.7. The van der Waals surface area contributed by atoms with Crippen LogP contribution in [0.1, 0.15) is 29.5 Å². The van der Waals surface area contributed by atoms with Crippen molar-refractivity contribution in [3.8, 4) is 0 Å². The average molecular weight is 428 g/mol. The standard InChI is InChI=1S/C24H26F2N2O3/c1-16-6-3-10-22(17(16)2)27-23(29)15-28(14-18-7-5-13-31-18)24(30)12-11-19-20(25)8-4-9-21(19)26/h3-4,6,8-12,18H,5,7,13-15H2,1-2H3,(H,27,29)/b12-11+. The third-order valence-electron chi connectivity index (χ3n) is 5.37. The lowest BCUT2D eigenvalue weighted by Crippen LogP contribution is -2.41. The first-order chi connectivity index (χ1) is 14.8. The fourth-order valence-electron chi connectivity index (χ4n) is 3.45. The van der Waals surface area contributed by atoms with Crippen molar-refractivity contribution in [2.24, 2.45) is 0 Å². The topological polar surface area (TPSA) is 58.6 Å². The second-order valence-electron chi connectivity index (χ2n) is 7.62. The number of anilines is 1. The van der Waals surface area contributed by atoms with Crippen molar-refractivity contribution >= 4 is 23.6 Å². The second-order valence-corrected chi connectivity index (χ2v) is 7.62. The van der Waals surface area contributed by atoms with E-state index < -0.39 is 17.5 Å². The molecule has 2 amide bonds. The normalized spacial score (nSPS) is 15.9. The van der Waals surface area contributed by atoms with Crippen LogP contribution in [0, 0.1) is 25.5 Å². The largest absolute Gasteiger partial charge is 0.376 e. The van der Waals surface area contributed by atoms with Crippen LogP contribution in [0.5, 0.6) is 0 Å². The number of halogens is 2. The minimum Gasteiger partial charge on any atom is -0.376 e. The van der Waals surface area contributed by atoms with Gasteiger partial charge < -0.3 is 15.0 Å². The minimum absolute atomic E-state index is 0.170. The smallest absolute Gasteiger partial charge is 0.247 e. The maximum Gasteiger partial charge on any atom is 0.247 e. The molecule has 1 atom stereocenters. The molecule has 1 saturated heterocycles. The zero-order chi connectivity index (χ0) is 22.4. The number of carbonyl (C=O) groups is 2. The van der Waals surface area contributed by atoms with Gasteiger partial charge in [-0.2, -0.15) is 0 Å². The molecule has 0 radical (unpaired) electrons. The Kier molecular flexibility index (Phi) is 7.52. The maximum absolute atomic E-state index is 13.9. The van der Waals surface area contributed by atoms with Crippen LogP contribution in [0.25, 0.3) is 6.08 Å². The summed E-state index contributed by atoms with van der Waals surface area (Å²) in [5.41, 5.74) is 2.37. The molecule has 0 aromatic heterocycles. The van der Waals surface area contributed by atoms with E-state index in [0.717, 1.165) is 48.3 Å². The van der Waals surface area contributed by atoms with Gasteiger partial charge >= 0.3 is 0 Å². The Balaban J connectivity index is 1.73. The van der Waals surface area contributed by atoms with Crippen molar-refractivity contribution in [3.63, 3.8) is 0 Å². The van der Waals surface area contributed by atoms with Crippen LogP contribution < -0.4 is 5.32 Å². The summed E-state index contributed by atoms with van der Waals surface area (Å²) < 4.78 is 33.3. The summed E-state index contributed by atoms with van der Waals surface area (Å²) in [5.74, 6) is -2.40. The molecule has 7 heteroatoms. The molecule has 0 saturated carbocycles. The number of rotatable bonds is 7. The van der Waals surface area contributed by atoms with Crippen LogP contribution in [0.2, 0.25) is 0 Å². The summed E-state index contributed by atoms with van der Waals surface area (Å²) in [4.78, 5) is 26.8. The summed E-state index contributed by atoms with van der Waals surface area (Å²) in [6.45, 7) is 4.49. The highest BCUT2D eigenvalue weighted by Gasteiger charge is 2.23. The molecule has 164 valence electrons. The molecule has 3 rings (SSSR count). The summed E-state index contributed by atoms with van der Waals surface area (Å²) in [6.07, 6.45) is 3.68. The van der Waals surface area contributed by atoms with E-state index in [9.17, 15) is 18.4 Å². The van der Waals surface area contributed by atoms with Crippen LogP contribution in [0.3, 0.4) is 0 Å². The highest BCUT2D eigenvalue weighted by atomic mass is 19.1. The first-order valence-electron chi connectivity index (χ1n) is 10.2. The third-order valence-corrected chi connectivity index (χ3v) is 5.37. The Labute approximate surface area is 180 Å². The number of nitrogens with one attached hydrogen (secondary N) is 1. The van der Waals surface area contributed by atoms with E-state index in [2.05, 4.69) is 5.32 Å². The first-order valence-corrected chi connectivity index (χ1v) is 10.2. The second kappa shape index (κ2) is 10.3. The van der Waals surface area contributed by atoms with Gasteiger partial charge in [0.2, 0.25) is 11.8 Å². The fourth-order valence-corrected chi connectivity index (χ4v) is 3.45. The number of aryl methyl sites for hydroxylation is 1. The van der Waals surface area contributed by atoms with Crippen molar-refractivity contribution in [3.05, 3.63) is 70.8 Å². The van der Waals surface area contributed by atoms with Crippen LogP contribution in [-0.2, 0) is 14.3 Å². The quantitative estimate of drug-likeness (QED) is 0.671. The number of ether oxygens (including phenoxy) is 1. The van der Waals surface area contributed by atoms with Crippen LogP contribution in [0.15, 0.2) is 42.5 Å². The lowest BCUT2D eigenvalue weighted by molar-refractivity contribution is -0.131. The Hall–Kier alpha value is -3.06. The number of amides is 2. The van der Waals surface area contributed by atoms with Crippen LogP contribution in [0.4, 0.5) is 14.5 Å². The van der Waals surface area contributed by atoms with Gasteiger partial charge in [0.05, 0.1) is 6.10 Å². The molecule has 1 N–H and O–H groups in total. The highest BCUT2D eigenvalue weighted by molar-refractivity contribution is 5.98. The number of hydrogen-bond donors (Lipinski definition) is 1. The van der Waals surface area contributed by atoms with E-state index in [1.165, 1.54) is 11.0 Å². The van der Waals surface area contributed by atoms with Gasteiger partial charge in [-0.15, -0.1) is 0 Å². The molecular formula is C24H26F2N2O3. The molecule has 0 spiro atoms. The molecule has 5 nitrogen and oxygen atoms in total. The van der Waals surface area contributed by atoms with Gasteiger partial charge in [0.15, 0.2) is 0 Å². The summed E-state index contributed by atoms with van der Waals surface area (Å²) in [7, 11) is 0. The van der Waals surface area contributed by atoms with E-state index in [4.69, 9.17) is 4.74 Å². The van der Waals surface area contributed by atoms with Gasteiger partial charge in [-0.25, -0.2) is 8.78 Å². The molecule has 0 aliphatic carbocycles. The van der Waals surface area contributed by atoms with Gasteiger partial charge in [-0.05, 0) is 62.1 Å². The maximum atomic E-state index is 13.9. The fraction of sp³-hybridized carbons (Fsp3) is 0.333. The molecule has 1 aliphatic heterocycles. The number of hydrogen-bond acceptors (Lipinski definition) is 3. The van der Waals surface area contributed by atoms with Gasteiger partial charge in [-0.1, -0.05) is 18.2 Å². The van der Waals surface area contributed by atoms with E-state index in [1.807, 2.05) is 26.0 Å². The van der Waals surface area contributed by atoms with Gasteiger partial charge in [0.25, 0.3) is 0 Å². The van der Waals surface area contributed by atoms with Crippen LogP contribution >= 0.6 is 0 Å². The van der Waals surface area contributed by atoms with E-state index in [0.29, 0.717) is 12.3 Å². The lowest BCUT2D eigenvalue weighted by Gasteiger charge is -2.24. The Bertz CT molecular complexity index is 965. The SMILES string of the molecule is Cc1cccc(NC(=O)CN(CC2CCCO2)C(=O)/C=C/c2c(F)cccc2F)c1C. The molecule has 1 aliphatic rings. The van der Waals surface area contributed by atoms with E-state index in [-0.39, 0.29) is 30.7 Å². The van der Waals surface area contributed by atoms with Crippen LogP contribution in [-0.4, -0.2) is 42.5 Å². The molecule has 1 fully saturated rings. The zero-order valence-corrected chi connectivity index (χ0v) is 17.7. The highest BCUT2D eigenvalue weighted by Crippen LogP contribution is 2.19. The number of nitrogens with zero attached hydrogens (tertiary/aromatic N) is 1. The molecule has 1 unspecified atom stereocenters. The molecule has 31 heavy (non-hydrogen) atoms. The molecule has 2 aromatic rings. The third kappa shape index (κ3) is 5.98.